The van der Waals surface area contributed by atoms with Gasteiger partial charge in [-0.3, -0.25) is 4.79 Å². The van der Waals surface area contributed by atoms with E-state index in [1.807, 2.05) is 6.07 Å². The largest absolute Gasteiger partial charge is 0.319 e. The molecule has 0 saturated heterocycles. The molecule has 1 N–H and O–H groups in total. The molecule has 2 rings (SSSR count). The van der Waals surface area contributed by atoms with E-state index in [2.05, 4.69) is 5.32 Å². The van der Waals surface area contributed by atoms with Crippen molar-refractivity contribution < 1.29 is 9.18 Å². The van der Waals surface area contributed by atoms with Gasteiger partial charge in [0.1, 0.15) is 5.82 Å². The van der Waals surface area contributed by atoms with Crippen molar-refractivity contribution in [1.82, 2.24) is 0 Å². The number of carbonyl (C=O) groups excluding carboxylic acids is 1. The second-order valence-corrected chi connectivity index (χ2v) is 4.36. The van der Waals surface area contributed by atoms with Gasteiger partial charge >= 0.3 is 0 Å². The number of hydrogen-bond acceptors (Lipinski definition) is 2. The molecule has 0 radical (unpaired) electrons. The fraction of sp³-hybridized carbons (Fsp3) is 0.0667. The molecule has 0 spiro atoms. The molecule has 3 nitrogen and oxygen atoms in total. The Morgan fingerprint density at radius 3 is 2.75 bits per heavy atom. The summed E-state index contributed by atoms with van der Waals surface area (Å²) in [6.45, 7) is 0. The normalized spacial score (nSPS) is 9.85. The maximum atomic E-state index is 13.7. The van der Waals surface area contributed by atoms with Crippen LogP contribution in [-0.2, 0) is 5.88 Å². The molecule has 0 fully saturated rings. The summed E-state index contributed by atoms with van der Waals surface area (Å²) in [4.78, 5) is 12.0. The predicted molar refractivity (Wildman–Crippen MR) is 75.1 cm³/mol. The van der Waals surface area contributed by atoms with Crippen LogP contribution in [0.4, 0.5) is 10.1 Å². The van der Waals surface area contributed by atoms with Crippen LogP contribution in [0.2, 0.25) is 0 Å². The van der Waals surface area contributed by atoms with Crippen LogP contribution in [0.3, 0.4) is 0 Å². The third-order valence-electron chi connectivity index (χ3n) is 2.69. The lowest BCUT2D eigenvalue weighted by Crippen LogP contribution is -2.13. The van der Waals surface area contributed by atoms with Crippen LogP contribution >= 0.6 is 11.6 Å². The van der Waals surface area contributed by atoms with E-state index >= 15 is 0 Å². The first-order valence-corrected chi connectivity index (χ1v) is 6.33. The second kappa shape index (κ2) is 6.18. The second-order valence-electron chi connectivity index (χ2n) is 4.09. The van der Waals surface area contributed by atoms with Gasteiger partial charge in [-0.1, -0.05) is 12.1 Å². The van der Waals surface area contributed by atoms with Crippen LogP contribution in [0.5, 0.6) is 0 Å². The lowest BCUT2D eigenvalue weighted by Gasteiger charge is -2.07. The Hall–Kier alpha value is -2.38. The molecule has 0 aliphatic rings. The number of hydrogen-bond donors (Lipinski definition) is 1. The number of nitriles is 1. The van der Waals surface area contributed by atoms with Gasteiger partial charge in [0, 0.05) is 11.4 Å². The highest BCUT2D eigenvalue weighted by molar-refractivity contribution is 6.17. The van der Waals surface area contributed by atoms with Crippen LogP contribution in [0.15, 0.2) is 42.5 Å². The van der Waals surface area contributed by atoms with Gasteiger partial charge in [-0.15, -0.1) is 11.6 Å². The number of alkyl halides is 1. The molecule has 0 saturated carbocycles. The van der Waals surface area contributed by atoms with Gasteiger partial charge in [0.05, 0.1) is 17.3 Å². The topological polar surface area (TPSA) is 52.9 Å². The quantitative estimate of drug-likeness (QED) is 0.876. The minimum Gasteiger partial charge on any atom is -0.319 e. The van der Waals surface area contributed by atoms with Crippen LogP contribution in [0.25, 0.3) is 0 Å². The van der Waals surface area contributed by atoms with Gasteiger partial charge in [0.2, 0.25) is 0 Å². The lowest BCUT2D eigenvalue weighted by molar-refractivity contribution is 0.102. The number of rotatable bonds is 3. The van der Waals surface area contributed by atoms with E-state index in [4.69, 9.17) is 16.9 Å². The molecule has 0 atom stereocenters. The zero-order chi connectivity index (χ0) is 14.5. The minimum absolute atomic E-state index is 0.0327. The zero-order valence-corrected chi connectivity index (χ0v) is 11.1. The monoisotopic (exact) mass is 288 g/mol. The molecular weight excluding hydrogens is 279 g/mol. The van der Waals surface area contributed by atoms with E-state index < -0.39 is 11.7 Å². The molecule has 0 aromatic heterocycles. The van der Waals surface area contributed by atoms with E-state index in [-0.39, 0.29) is 11.3 Å². The molecule has 0 unspecified atom stereocenters. The van der Waals surface area contributed by atoms with Gasteiger partial charge in [0.15, 0.2) is 0 Å². The Balaban J connectivity index is 2.21. The smallest absolute Gasteiger partial charge is 0.255 e. The van der Waals surface area contributed by atoms with Crippen molar-refractivity contribution in [3.05, 3.63) is 65.0 Å². The number of anilines is 1. The van der Waals surface area contributed by atoms with E-state index in [0.717, 1.165) is 11.6 Å². The van der Waals surface area contributed by atoms with E-state index in [0.29, 0.717) is 11.4 Å². The van der Waals surface area contributed by atoms with Crippen molar-refractivity contribution in [3.63, 3.8) is 0 Å². The molecule has 1 amide bonds. The molecule has 0 heterocycles. The van der Waals surface area contributed by atoms with E-state index in [1.165, 1.54) is 12.1 Å². The van der Waals surface area contributed by atoms with Crippen molar-refractivity contribution in [1.29, 1.82) is 5.26 Å². The van der Waals surface area contributed by atoms with Crippen LogP contribution in [0, 0.1) is 17.1 Å². The van der Waals surface area contributed by atoms with E-state index in [1.54, 1.807) is 24.3 Å². The fourth-order valence-corrected chi connectivity index (χ4v) is 1.84. The standard InChI is InChI=1S/C15H10ClFN2O/c16-8-10-2-1-3-12(6-10)15(20)19-14-5-4-11(9-18)7-13(14)17/h1-7H,8H2,(H,19,20). The van der Waals surface area contributed by atoms with Crippen molar-refractivity contribution >= 4 is 23.2 Å². The molecular formula is C15H10ClFN2O. The first-order valence-electron chi connectivity index (χ1n) is 5.80. The fourth-order valence-electron chi connectivity index (χ4n) is 1.68. The Bertz CT molecular complexity index is 695. The molecule has 2 aromatic rings. The zero-order valence-electron chi connectivity index (χ0n) is 10.4. The minimum atomic E-state index is -0.647. The summed E-state index contributed by atoms with van der Waals surface area (Å²) in [7, 11) is 0. The molecule has 20 heavy (non-hydrogen) atoms. The maximum absolute atomic E-state index is 13.7. The highest BCUT2D eigenvalue weighted by Gasteiger charge is 2.10. The Morgan fingerprint density at radius 1 is 1.30 bits per heavy atom. The summed E-state index contributed by atoms with van der Waals surface area (Å²) in [5.74, 6) is -0.779. The number of nitrogens with zero attached hydrogens (tertiary/aromatic N) is 1. The molecule has 0 aliphatic heterocycles. The molecule has 0 aliphatic carbocycles. The molecule has 5 heteroatoms. The summed E-state index contributed by atoms with van der Waals surface area (Å²) in [5.41, 5.74) is 1.43. The van der Waals surface area contributed by atoms with Crippen LogP contribution in [-0.4, -0.2) is 5.91 Å². The summed E-state index contributed by atoms with van der Waals surface area (Å²) in [6, 6.07) is 12.5. The number of benzene rings is 2. The maximum Gasteiger partial charge on any atom is 0.255 e. The van der Waals surface area contributed by atoms with Gasteiger partial charge in [0.25, 0.3) is 5.91 Å². The first-order chi connectivity index (χ1) is 9.63. The van der Waals surface area contributed by atoms with Gasteiger partial charge in [-0.2, -0.15) is 5.26 Å². The van der Waals surface area contributed by atoms with E-state index in [9.17, 15) is 9.18 Å². The third kappa shape index (κ3) is 3.14. The molecule has 2 aromatic carbocycles. The van der Waals surface area contributed by atoms with Crippen LogP contribution < -0.4 is 5.32 Å². The van der Waals surface area contributed by atoms with Gasteiger partial charge in [-0.25, -0.2) is 4.39 Å². The average molecular weight is 289 g/mol. The van der Waals surface area contributed by atoms with Crippen molar-refractivity contribution in [2.75, 3.05) is 5.32 Å². The Kier molecular flexibility index (Phi) is 4.34. The first kappa shape index (κ1) is 14.0. The summed E-state index contributed by atoms with van der Waals surface area (Å²) >= 11 is 5.70. The number of amides is 1. The summed E-state index contributed by atoms with van der Waals surface area (Å²) in [5, 5.41) is 11.1. The van der Waals surface area contributed by atoms with Crippen molar-refractivity contribution in [2.45, 2.75) is 5.88 Å². The third-order valence-corrected chi connectivity index (χ3v) is 3.00. The lowest BCUT2D eigenvalue weighted by atomic mass is 10.1. The number of halogens is 2. The number of nitrogens with one attached hydrogen (secondary N) is 1. The highest BCUT2D eigenvalue weighted by Crippen LogP contribution is 2.17. The van der Waals surface area contributed by atoms with Crippen LogP contribution in [0.1, 0.15) is 21.5 Å². The summed E-state index contributed by atoms with van der Waals surface area (Å²) in [6.07, 6.45) is 0. The van der Waals surface area contributed by atoms with Gasteiger partial charge in [-0.05, 0) is 35.9 Å². The molecule has 100 valence electrons. The summed E-state index contributed by atoms with van der Waals surface area (Å²) < 4.78 is 13.7. The Labute approximate surface area is 120 Å². The molecule has 0 bridgehead atoms. The van der Waals surface area contributed by atoms with Gasteiger partial charge < -0.3 is 5.32 Å². The predicted octanol–water partition coefficient (Wildman–Crippen LogP) is 3.69. The SMILES string of the molecule is N#Cc1ccc(NC(=O)c2cccc(CCl)c2)c(F)c1. The van der Waals surface area contributed by atoms with Crippen molar-refractivity contribution in [3.8, 4) is 6.07 Å². The highest BCUT2D eigenvalue weighted by atomic mass is 35.5. The number of carbonyl (C=O) groups is 1. The Morgan fingerprint density at radius 2 is 2.10 bits per heavy atom. The average Bonchev–Trinajstić information content (AvgIpc) is 2.49. The van der Waals surface area contributed by atoms with Crippen molar-refractivity contribution in [2.24, 2.45) is 0 Å².